The molecule has 1 aliphatic carbocycles. The largest absolute Gasteiger partial charge is 0.478 e. The van der Waals surface area contributed by atoms with Crippen molar-refractivity contribution < 1.29 is 14.7 Å². The fraction of sp³-hybridized carbons (Fsp3) is 0.500. The van der Waals surface area contributed by atoms with Gasteiger partial charge in [0.05, 0.1) is 12.0 Å². The van der Waals surface area contributed by atoms with Crippen LogP contribution in [-0.4, -0.2) is 23.5 Å². The fourth-order valence-electron chi connectivity index (χ4n) is 2.52. The topological polar surface area (TPSA) is 66.4 Å². The van der Waals surface area contributed by atoms with E-state index in [1.165, 1.54) is 31.4 Å². The molecule has 1 saturated carbocycles. The summed E-state index contributed by atoms with van der Waals surface area (Å²) < 4.78 is 0. The summed E-state index contributed by atoms with van der Waals surface area (Å²) in [5.41, 5.74) is 1.44. The molecule has 0 aromatic heterocycles. The Morgan fingerprint density at radius 1 is 1.25 bits per heavy atom. The molecule has 0 unspecified atom stereocenters. The van der Waals surface area contributed by atoms with Crippen molar-refractivity contribution in [3.63, 3.8) is 0 Å². The highest BCUT2D eigenvalue weighted by Crippen LogP contribution is 2.48. The molecular weight excluding hydrogens is 254 g/mol. The maximum atomic E-state index is 11.9. The predicted octanol–water partition coefficient (Wildman–Crippen LogP) is 2.62. The van der Waals surface area contributed by atoms with Crippen molar-refractivity contribution in [1.29, 1.82) is 0 Å². The lowest BCUT2D eigenvalue weighted by Crippen LogP contribution is -2.31. The van der Waals surface area contributed by atoms with Crippen LogP contribution < -0.4 is 5.32 Å². The molecule has 108 valence electrons. The third kappa shape index (κ3) is 3.83. The Kier molecular flexibility index (Phi) is 4.42. The van der Waals surface area contributed by atoms with Gasteiger partial charge < -0.3 is 10.4 Å². The van der Waals surface area contributed by atoms with E-state index in [0.717, 1.165) is 18.5 Å². The van der Waals surface area contributed by atoms with Gasteiger partial charge in [0.1, 0.15) is 0 Å². The zero-order valence-electron chi connectivity index (χ0n) is 11.8. The fourth-order valence-corrected chi connectivity index (χ4v) is 2.52. The van der Waals surface area contributed by atoms with Gasteiger partial charge in [0.2, 0.25) is 5.91 Å². The molecule has 4 heteroatoms. The second-order valence-corrected chi connectivity index (χ2v) is 5.71. The van der Waals surface area contributed by atoms with Crippen molar-refractivity contribution >= 4 is 11.9 Å². The molecule has 0 aliphatic heterocycles. The van der Waals surface area contributed by atoms with E-state index in [0.29, 0.717) is 11.8 Å². The van der Waals surface area contributed by atoms with Crippen molar-refractivity contribution in [3.8, 4) is 0 Å². The summed E-state index contributed by atoms with van der Waals surface area (Å²) >= 11 is 0. The van der Waals surface area contributed by atoms with Crippen molar-refractivity contribution in [3.05, 3.63) is 35.4 Å². The van der Waals surface area contributed by atoms with Crippen LogP contribution in [0.5, 0.6) is 0 Å². The Bertz CT molecular complexity index is 489. The van der Waals surface area contributed by atoms with Gasteiger partial charge in [-0.25, -0.2) is 4.79 Å². The van der Waals surface area contributed by atoms with Crippen LogP contribution in [0, 0.1) is 5.41 Å². The Morgan fingerprint density at radius 3 is 2.40 bits per heavy atom. The van der Waals surface area contributed by atoms with E-state index in [1.807, 2.05) is 0 Å². The molecule has 0 spiro atoms. The summed E-state index contributed by atoms with van der Waals surface area (Å²) in [5, 5.41) is 11.8. The first-order valence-corrected chi connectivity index (χ1v) is 7.14. The van der Waals surface area contributed by atoms with Crippen LogP contribution in [0.3, 0.4) is 0 Å². The maximum Gasteiger partial charge on any atom is 0.335 e. The highest BCUT2D eigenvalue weighted by Gasteiger charge is 2.41. The zero-order valence-corrected chi connectivity index (χ0v) is 11.8. The number of carbonyl (C=O) groups excluding carboxylic acids is 1. The van der Waals surface area contributed by atoms with Gasteiger partial charge in [-0.3, -0.25) is 4.79 Å². The maximum absolute atomic E-state index is 11.9. The van der Waals surface area contributed by atoms with Crippen LogP contribution in [0.2, 0.25) is 0 Å². The summed E-state index contributed by atoms with van der Waals surface area (Å²) in [6.45, 7) is 2.94. The van der Waals surface area contributed by atoms with Crippen molar-refractivity contribution in [2.24, 2.45) is 5.41 Å². The number of benzene rings is 1. The molecule has 1 aromatic rings. The standard InChI is InChI=1S/C16H21NO3/c1-2-7-16(8-9-16)11-17-14(18)10-12-3-5-13(6-4-12)15(19)20/h3-6H,2,7-11H2,1H3,(H,17,18)(H,19,20). The first-order valence-electron chi connectivity index (χ1n) is 7.14. The molecule has 0 saturated heterocycles. The van der Waals surface area contributed by atoms with Crippen molar-refractivity contribution in [2.45, 2.75) is 39.0 Å². The van der Waals surface area contributed by atoms with E-state index in [9.17, 15) is 9.59 Å². The quantitative estimate of drug-likeness (QED) is 0.804. The smallest absolute Gasteiger partial charge is 0.335 e. The van der Waals surface area contributed by atoms with E-state index >= 15 is 0 Å². The Hall–Kier alpha value is -1.84. The number of carbonyl (C=O) groups is 2. The number of rotatable bonds is 7. The van der Waals surface area contributed by atoms with Gasteiger partial charge in [-0.1, -0.05) is 25.5 Å². The molecule has 4 nitrogen and oxygen atoms in total. The average Bonchev–Trinajstić information content (AvgIpc) is 3.18. The Balaban J connectivity index is 1.81. The molecule has 1 aliphatic rings. The van der Waals surface area contributed by atoms with E-state index in [-0.39, 0.29) is 11.5 Å². The van der Waals surface area contributed by atoms with Gasteiger partial charge in [-0.2, -0.15) is 0 Å². The van der Waals surface area contributed by atoms with Crippen LogP contribution in [0.4, 0.5) is 0 Å². The normalized spacial score (nSPS) is 15.7. The molecule has 0 atom stereocenters. The van der Waals surface area contributed by atoms with E-state index in [1.54, 1.807) is 12.1 Å². The molecule has 20 heavy (non-hydrogen) atoms. The summed E-state index contributed by atoms with van der Waals surface area (Å²) in [4.78, 5) is 22.6. The molecule has 2 rings (SSSR count). The van der Waals surface area contributed by atoms with Crippen LogP contribution >= 0.6 is 0 Å². The summed E-state index contributed by atoms with van der Waals surface area (Å²) in [5.74, 6) is -0.938. The van der Waals surface area contributed by atoms with Crippen molar-refractivity contribution in [2.75, 3.05) is 6.54 Å². The molecule has 1 aromatic carbocycles. The SMILES string of the molecule is CCCC1(CNC(=O)Cc2ccc(C(=O)O)cc2)CC1. The van der Waals surface area contributed by atoms with E-state index in [2.05, 4.69) is 12.2 Å². The van der Waals surface area contributed by atoms with Crippen molar-refractivity contribution in [1.82, 2.24) is 5.32 Å². The number of hydrogen-bond acceptors (Lipinski definition) is 2. The lowest BCUT2D eigenvalue weighted by atomic mass is 10.0. The number of nitrogens with one attached hydrogen (secondary N) is 1. The van der Waals surface area contributed by atoms with Gasteiger partial charge in [-0.05, 0) is 42.4 Å². The third-order valence-corrected chi connectivity index (χ3v) is 3.96. The molecule has 0 bridgehead atoms. The molecule has 0 radical (unpaired) electrons. The number of hydrogen-bond donors (Lipinski definition) is 2. The molecule has 0 heterocycles. The van der Waals surface area contributed by atoms with Gasteiger partial charge in [-0.15, -0.1) is 0 Å². The second-order valence-electron chi connectivity index (χ2n) is 5.71. The van der Waals surface area contributed by atoms with E-state index < -0.39 is 5.97 Å². The van der Waals surface area contributed by atoms with Crippen LogP contribution in [0.25, 0.3) is 0 Å². The molecule has 2 N–H and O–H groups in total. The van der Waals surface area contributed by atoms with Gasteiger partial charge >= 0.3 is 5.97 Å². The minimum atomic E-state index is -0.948. The second kappa shape index (κ2) is 6.07. The minimum absolute atomic E-state index is 0.00968. The number of aromatic carboxylic acids is 1. The summed E-state index contributed by atoms with van der Waals surface area (Å²) in [7, 11) is 0. The lowest BCUT2D eigenvalue weighted by molar-refractivity contribution is -0.120. The average molecular weight is 275 g/mol. The van der Waals surface area contributed by atoms with E-state index in [4.69, 9.17) is 5.11 Å². The van der Waals surface area contributed by atoms with Gasteiger partial charge in [0, 0.05) is 6.54 Å². The predicted molar refractivity (Wildman–Crippen MR) is 76.7 cm³/mol. The summed E-state index contributed by atoms with van der Waals surface area (Å²) in [6, 6.07) is 6.46. The molecule has 1 fully saturated rings. The van der Waals surface area contributed by atoms with Crippen LogP contribution in [0.15, 0.2) is 24.3 Å². The highest BCUT2D eigenvalue weighted by atomic mass is 16.4. The third-order valence-electron chi connectivity index (χ3n) is 3.96. The van der Waals surface area contributed by atoms with Crippen LogP contribution in [-0.2, 0) is 11.2 Å². The van der Waals surface area contributed by atoms with Gasteiger partial charge in [0.25, 0.3) is 0 Å². The first-order chi connectivity index (χ1) is 9.54. The Morgan fingerprint density at radius 2 is 1.90 bits per heavy atom. The zero-order chi connectivity index (χ0) is 14.6. The van der Waals surface area contributed by atoms with Gasteiger partial charge in [0.15, 0.2) is 0 Å². The Labute approximate surface area is 119 Å². The number of amides is 1. The lowest BCUT2D eigenvalue weighted by Gasteiger charge is -2.14. The highest BCUT2D eigenvalue weighted by molar-refractivity contribution is 5.87. The summed E-state index contributed by atoms with van der Waals surface area (Å²) in [6.07, 6.45) is 5.08. The van der Waals surface area contributed by atoms with Crippen LogP contribution in [0.1, 0.15) is 48.5 Å². The monoisotopic (exact) mass is 275 g/mol. The minimum Gasteiger partial charge on any atom is -0.478 e. The number of carboxylic acid groups (broad SMARTS) is 1. The molecular formula is C16H21NO3. The number of carboxylic acids is 1. The first kappa shape index (κ1) is 14.6. The molecule has 1 amide bonds.